The van der Waals surface area contributed by atoms with Crippen molar-refractivity contribution < 1.29 is 24.1 Å². The second kappa shape index (κ2) is 6.12. The normalized spacial score (nSPS) is 38.3. The summed E-state index contributed by atoms with van der Waals surface area (Å²) >= 11 is 1.61. The molecule has 5 atom stereocenters. The number of thioether (sulfide) groups is 1. The molecule has 4 rings (SSSR count). The predicted octanol–water partition coefficient (Wildman–Crippen LogP) is 2.43. The van der Waals surface area contributed by atoms with Crippen LogP contribution in [0.1, 0.15) is 19.4 Å². The molecule has 0 aromatic heterocycles. The van der Waals surface area contributed by atoms with Gasteiger partial charge in [0.15, 0.2) is 12.1 Å². The summed E-state index contributed by atoms with van der Waals surface area (Å²) in [6, 6.07) is 8.05. The van der Waals surface area contributed by atoms with Crippen LogP contribution in [0, 0.1) is 0 Å². The van der Waals surface area contributed by atoms with Gasteiger partial charge in [-0.3, -0.25) is 0 Å². The zero-order valence-electron chi connectivity index (χ0n) is 13.8. The van der Waals surface area contributed by atoms with Gasteiger partial charge in [-0.25, -0.2) is 0 Å². The molecule has 2 fully saturated rings. The molecule has 0 saturated carbocycles. The van der Waals surface area contributed by atoms with Gasteiger partial charge in [-0.2, -0.15) is 0 Å². The summed E-state index contributed by atoms with van der Waals surface area (Å²) in [5.41, 5.74) is 1.97. The zero-order chi connectivity index (χ0) is 16.9. The lowest BCUT2D eigenvalue weighted by molar-refractivity contribution is -0.227. The minimum Gasteiger partial charge on any atom is -0.389 e. The molecule has 0 bridgehead atoms. The van der Waals surface area contributed by atoms with E-state index in [1.54, 1.807) is 11.8 Å². The number of aliphatic hydroxyl groups excluding tert-OH is 1. The van der Waals surface area contributed by atoms with Gasteiger partial charge in [0.25, 0.3) is 0 Å². The third kappa shape index (κ3) is 2.92. The zero-order valence-corrected chi connectivity index (χ0v) is 14.6. The Morgan fingerprint density at radius 3 is 2.79 bits per heavy atom. The molecule has 0 amide bonds. The molecule has 0 unspecified atom stereocenters. The van der Waals surface area contributed by atoms with Gasteiger partial charge in [-0.05, 0) is 31.1 Å². The van der Waals surface area contributed by atoms with Crippen molar-refractivity contribution in [1.29, 1.82) is 0 Å². The van der Waals surface area contributed by atoms with Gasteiger partial charge in [-0.15, -0.1) is 11.8 Å². The van der Waals surface area contributed by atoms with Crippen LogP contribution in [0.5, 0.6) is 0 Å². The van der Waals surface area contributed by atoms with E-state index >= 15 is 0 Å². The predicted molar refractivity (Wildman–Crippen MR) is 90.6 cm³/mol. The SMILES string of the molecule is C=C1CO[C@@H]2[C@H]3OC(C)(C)O[C@H]3O[C@@H]2[C@H](O)CSc2ccccc21. The first-order chi connectivity index (χ1) is 11.4. The van der Waals surface area contributed by atoms with Gasteiger partial charge in [-0.1, -0.05) is 24.8 Å². The van der Waals surface area contributed by atoms with Crippen molar-refractivity contribution in [2.45, 2.75) is 55.2 Å². The van der Waals surface area contributed by atoms with Crippen molar-refractivity contribution in [3.63, 3.8) is 0 Å². The fraction of sp³-hybridized carbons (Fsp3) is 0.556. The van der Waals surface area contributed by atoms with E-state index in [9.17, 15) is 5.11 Å². The lowest BCUT2D eigenvalue weighted by Gasteiger charge is -2.30. The molecule has 6 heteroatoms. The number of hydrogen-bond acceptors (Lipinski definition) is 6. The molecule has 3 heterocycles. The Bertz CT molecular complexity index is 646. The van der Waals surface area contributed by atoms with Crippen molar-refractivity contribution in [2.75, 3.05) is 12.4 Å². The summed E-state index contributed by atoms with van der Waals surface area (Å²) in [6.45, 7) is 8.23. The highest BCUT2D eigenvalue weighted by Crippen LogP contribution is 2.41. The van der Waals surface area contributed by atoms with Crippen LogP contribution in [-0.2, 0) is 18.9 Å². The van der Waals surface area contributed by atoms with Gasteiger partial charge >= 0.3 is 0 Å². The Morgan fingerprint density at radius 2 is 1.96 bits per heavy atom. The monoisotopic (exact) mass is 350 g/mol. The number of ether oxygens (including phenoxy) is 4. The van der Waals surface area contributed by atoms with Crippen molar-refractivity contribution >= 4 is 17.3 Å². The van der Waals surface area contributed by atoms with Crippen LogP contribution in [0.2, 0.25) is 0 Å². The minimum absolute atomic E-state index is 0.341. The Hall–Kier alpha value is -0.890. The molecule has 1 aromatic carbocycles. The molecule has 1 aromatic rings. The quantitative estimate of drug-likeness (QED) is 0.776. The summed E-state index contributed by atoms with van der Waals surface area (Å²) in [5, 5.41) is 10.6. The van der Waals surface area contributed by atoms with Crippen molar-refractivity contribution in [1.82, 2.24) is 0 Å². The summed E-state index contributed by atoms with van der Waals surface area (Å²) in [4.78, 5) is 1.09. The van der Waals surface area contributed by atoms with Crippen LogP contribution in [0.15, 0.2) is 35.7 Å². The van der Waals surface area contributed by atoms with Crippen molar-refractivity contribution in [2.24, 2.45) is 0 Å². The van der Waals surface area contributed by atoms with Gasteiger partial charge in [0, 0.05) is 10.6 Å². The summed E-state index contributed by atoms with van der Waals surface area (Å²) in [6.07, 6.45) is -2.37. The standard InChI is InChI=1S/C18H22O5S/c1-10-8-20-15-14(21-17-16(15)22-18(2,3)23-17)12(19)9-24-13-7-5-4-6-11(10)13/h4-7,12,14-17,19H,1,8-9H2,2-3H3/t12-,14-,15+,16-,17-/m1/s1. The smallest absolute Gasteiger partial charge is 0.190 e. The first-order valence-electron chi connectivity index (χ1n) is 8.15. The van der Waals surface area contributed by atoms with E-state index in [0.29, 0.717) is 12.4 Å². The second-order valence-electron chi connectivity index (χ2n) is 6.82. The third-order valence-electron chi connectivity index (χ3n) is 4.53. The molecule has 0 radical (unpaired) electrons. The van der Waals surface area contributed by atoms with Gasteiger partial charge in [0.05, 0.1) is 12.7 Å². The molecule has 5 nitrogen and oxygen atoms in total. The fourth-order valence-electron chi connectivity index (χ4n) is 3.43. The Labute approximate surface area is 145 Å². The first-order valence-corrected chi connectivity index (χ1v) is 9.14. The highest BCUT2D eigenvalue weighted by molar-refractivity contribution is 7.99. The maximum Gasteiger partial charge on any atom is 0.190 e. The van der Waals surface area contributed by atoms with Crippen LogP contribution in [0.4, 0.5) is 0 Å². The average molecular weight is 350 g/mol. The number of fused-ring (bicyclic) bond motifs is 4. The molecule has 0 aliphatic carbocycles. The lowest BCUT2D eigenvalue weighted by Crippen LogP contribution is -2.44. The van der Waals surface area contributed by atoms with Crippen molar-refractivity contribution in [3.8, 4) is 0 Å². The Kier molecular flexibility index (Phi) is 4.23. The van der Waals surface area contributed by atoms with Crippen LogP contribution in [0.3, 0.4) is 0 Å². The number of aliphatic hydroxyl groups is 1. The van der Waals surface area contributed by atoms with Crippen molar-refractivity contribution in [3.05, 3.63) is 36.4 Å². The van der Waals surface area contributed by atoms with E-state index in [-0.39, 0.29) is 12.2 Å². The molecule has 130 valence electrons. The van der Waals surface area contributed by atoms with Crippen LogP contribution in [-0.4, -0.2) is 54.0 Å². The highest BCUT2D eigenvalue weighted by Gasteiger charge is 2.57. The van der Waals surface area contributed by atoms with E-state index in [1.165, 1.54) is 0 Å². The molecule has 3 aliphatic heterocycles. The Morgan fingerprint density at radius 1 is 1.17 bits per heavy atom. The summed E-state index contributed by atoms with van der Waals surface area (Å²) < 4.78 is 23.7. The molecule has 0 spiro atoms. The fourth-order valence-corrected chi connectivity index (χ4v) is 4.52. The van der Waals surface area contributed by atoms with E-state index < -0.39 is 24.3 Å². The highest BCUT2D eigenvalue weighted by atomic mass is 32.2. The van der Waals surface area contributed by atoms with Gasteiger partial charge in [0.1, 0.15) is 18.3 Å². The number of benzene rings is 1. The average Bonchev–Trinajstić information content (AvgIpc) is 3.02. The molecular weight excluding hydrogens is 328 g/mol. The molecule has 24 heavy (non-hydrogen) atoms. The summed E-state index contributed by atoms with van der Waals surface area (Å²) in [7, 11) is 0. The molecule has 3 aliphatic rings. The molecule has 1 N–H and O–H groups in total. The van der Waals surface area contributed by atoms with Crippen LogP contribution >= 0.6 is 11.8 Å². The van der Waals surface area contributed by atoms with E-state index in [1.807, 2.05) is 38.1 Å². The van der Waals surface area contributed by atoms with E-state index in [2.05, 4.69) is 6.58 Å². The van der Waals surface area contributed by atoms with Gasteiger partial charge < -0.3 is 24.1 Å². The van der Waals surface area contributed by atoms with E-state index in [0.717, 1.165) is 16.0 Å². The van der Waals surface area contributed by atoms with E-state index in [4.69, 9.17) is 18.9 Å². The third-order valence-corrected chi connectivity index (χ3v) is 5.71. The minimum atomic E-state index is -0.706. The maximum atomic E-state index is 10.6. The van der Waals surface area contributed by atoms with Crippen LogP contribution in [0.25, 0.3) is 5.57 Å². The largest absolute Gasteiger partial charge is 0.389 e. The number of rotatable bonds is 0. The van der Waals surface area contributed by atoms with Crippen LogP contribution < -0.4 is 0 Å². The Balaban J connectivity index is 1.60. The summed E-state index contributed by atoms with van der Waals surface area (Å²) in [5.74, 6) is -0.194. The maximum absolute atomic E-state index is 10.6. The molecular formula is C18H22O5S. The van der Waals surface area contributed by atoms with Gasteiger partial charge in [0.2, 0.25) is 0 Å². The topological polar surface area (TPSA) is 57.2 Å². The number of hydrogen-bond donors (Lipinski definition) is 1. The second-order valence-corrected chi connectivity index (χ2v) is 7.88. The lowest BCUT2D eigenvalue weighted by atomic mass is 10.1. The molecule has 2 saturated heterocycles. The first kappa shape index (κ1) is 16.6.